The molecule has 0 radical (unpaired) electrons. The van der Waals surface area contributed by atoms with E-state index in [1.165, 1.54) is 0 Å². The normalized spacial score (nSPS) is 10.0. The number of carbonyl (C=O) groups excluding carboxylic acids is 1. The second-order valence-corrected chi connectivity index (χ2v) is 3.37. The van der Waals surface area contributed by atoms with Crippen LogP contribution in [0.5, 0.6) is 0 Å². The molecule has 1 rings (SSSR count). The van der Waals surface area contributed by atoms with Crippen LogP contribution in [0.1, 0.15) is 31.3 Å². The average Bonchev–Trinajstić information content (AvgIpc) is 2.62. The van der Waals surface area contributed by atoms with Crippen molar-refractivity contribution in [1.82, 2.24) is 5.32 Å². The van der Waals surface area contributed by atoms with Crippen LogP contribution in [-0.2, 0) is 11.3 Å². The van der Waals surface area contributed by atoms with Crippen molar-refractivity contribution in [1.29, 1.82) is 0 Å². The summed E-state index contributed by atoms with van der Waals surface area (Å²) in [7, 11) is 0. The Kier molecular flexibility index (Phi) is 4.74. The summed E-state index contributed by atoms with van der Waals surface area (Å²) in [6, 6.07) is 3.64. The molecule has 0 saturated heterocycles. The highest BCUT2D eigenvalue weighted by atomic mass is 16.6. The second kappa shape index (κ2) is 6.11. The lowest BCUT2D eigenvalue weighted by atomic mass is 10.3. The SMILES string of the molecule is CCCCNC(=O)OCc1ccc(C)o1. The van der Waals surface area contributed by atoms with E-state index in [4.69, 9.17) is 9.15 Å². The zero-order valence-corrected chi connectivity index (χ0v) is 9.21. The van der Waals surface area contributed by atoms with E-state index in [0.717, 1.165) is 18.6 Å². The van der Waals surface area contributed by atoms with Gasteiger partial charge in [-0.3, -0.25) is 0 Å². The van der Waals surface area contributed by atoms with E-state index in [-0.39, 0.29) is 6.61 Å². The molecule has 4 heteroatoms. The van der Waals surface area contributed by atoms with E-state index >= 15 is 0 Å². The molecular weight excluding hydrogens is 194 g/mol. The van der Waals surface area contributed by atoms with E-state index in [1.54, 1.807) is 6.07 Å². The predicted octanol–water partition coefficient (Wildman–Crippen LogP) is 2.61. The number of carbonyl (C=O) groups is 1. The Labute approximate surface area is 89.6 Å². The highest BCUT2D eigenvalue weighted by Crippen LogP contribution is 2.07. The molecule has 15 heavy (non-hydrogen) atoms. The van der Waals surface area contributed by atoms with Crippen molar-refractivity contribution in [3.05, 3.63) is 23.7 Å². The van der Waals surface area contributed by atoms with Crippen LogP contribution in [0.2, 0.25) is 0 Å². The topological polar surface area (TPSA) is 51.5 Å². The molecule has 0 aromatic carbocycles. The number of furan rings is 1. The highest BCUT2D eigenvalue weighted by molar-refractivity contribution is 5.66. The first kappa shape index (κ1) is 11.6. The number of nitrogens with one attached hydrogen (secondary N) is 1. The Bertz CT molecular complexity index is 307. The third kappa shape index (κ3) is 4.54. The number of amides is 1. The van der Waals surface area contributed by atoms with Crippen molar-refractivity contribution in [2.75, 3.05) is 6.54 Å². The maximum Gasteiger partial charge on any atom is 0.407 e. The van der Waals surface area contributed by atoms with Gasteiger partial charge < -0.3 is 14.5 Å². The Morgan fingerprint density at radius 1 is 1.53 bits per heavy atom. The highest BCUT2D eigenvalue weighted by Gasteiger charge is 2.03. The zero-order valence-electron chi connectivity index (χ0n) is 9.21. The molecular formula is C11H17NO3. The van der Waals surface area contributed by atoms with E-state index < -0.39 is 6.09 Å². The lowest BCUT2D eigenvalue weighted by Crippen LogP contribution is -2.24. The molecule has 0 bridgehead atoms. The standard InChI is InChI=1S/C11H17NO3/c1-3-4-7-12-11(13)14-8-10-6-5-9(2)15-10/h5-6H,3-4,7-8H2,1-2H3,(H,12,13). The van der Waals surface area contributed by atoms with E-state index in [2.05, 4.69) is 12.2 Å². The smallest absolute Gasteiger partial charge is 0.407 e. The van der Waals surface area contributed by atoms with Crippen LogP contribution in [0.3, 0.4) is 0 Å². The Hall–Kier alpha value is -1.45. The molecule has 1 aromatic heterocycles. The molecule has 4 nitrogen and oxygen atoms in total. The first-order valence-electron chi connectivity index (χ1n) is 5.18. The predicted molar refractivity (Wildman–Crippen MR) is 56.5 cm³/mol. The fourth-order valence-electron chi connectivity index (χ4n) is 1.12. The first-order chi connectivity index (χ1) is 7.22. The lowest BCUT2D eigenvalue weighted by Gasteiger charge is -2.04. The van der Waals surface area contributed by atoms with Gasteiger partial charge in [0.25, 0.3) is 0 Å². The van der Waals surface area contributed by atoms with Crippen molar-refractivity contribution < 1.29 is 13.9 Å². The number of ether oxygens (including phenoxy) is 1. The maximum atomic E-state index is 11.1. The summed E-state index contributed by atoms with van der Waals surface area (Å²) in [6.07, 6.45) is 1.63. The molecule has 0 aliphatic carbocycles. The van der Waals surface area contributed by atoms with Gasteiger partial charge in [-0.2, -0.15) is 0 Å². The molecule has 1 aromatic rings. The second-order valence-electron chi connectivity index (χ2n) is 3.37. The van der Waals surface area contributed by atoms with Crippen molar-refractivity contribution in [3.8, 4) is 0 Å². The van der Waals surface area contributed by atoms with Crippen LogP contribution in [-0.4, -0.2) is 12.6 Å². The monoisotopic (exact) mass is 211 g/mol. The maximum absolute atomic E-state index is 11.1. The summed E-state index contributed by atoms with van der Waals surface area (Å²) < 4.78 is 10.2. The van der Waals surface area contributed by atoms with Crippen LogP contribution in [0.15, 0.2) is 16.5 Å². The first-order valence-corrected chi connectivity index (χ1v) is 5.18. The molecule has 0 fully saturated rings. The fourth-order valence-corrected chi connectivity index (χ4v) is 1.12. The molecule has 0 spiro atoms. The van der Waals surface area contributed by atoms with Crippen molar-refractivity contribution in [3.63, 3.8) is 0 Å². The van der Waals surface area contributed by atoms with Gasteiger partial charge in [-0.1, -0.05) is 13.3 Å². The molecule has 84 valence electrons. The largest absolute Gasteiger partial charge is 0.463 e. The van der Waals surface area contributed by atoms with Gasteiger partial charge in [-0.15, -0.1) is 0 Å². The Balaban J connectivity index is 2.16. The third-order valence-corrected chi connectivity index (χ3v) is 1.94. The quantitative estimate of drug-likeness (QED) is 0.761. The van der Waals surface area contributed by atoms with E-state index in [0.29, 0.717) is 12.3 Å². The minimum atomic E-state index is -0.391. The van der Waals surface area contributed by atoms with Crippen LogP contribution in [0.4, 0.5) is 4.79 Å². The number of alkyl carbamates (subject to hydrolysis) is 1. The average molecular weight is 211 g/mol. The summed E-state index contributed by atoms with van der Waals surface area (Å²) in [5.74, 6) is 1.48. The third-order valence-electron chi connectivity index (χ3n) is 1.94. The molecule has 0 aliphatic heterocycles. The molecule has 0 aliphatic rings. The number of hydrogen-bond donors (Lipinski definition) is 1. The van der Waals surface area contributed by atoms with Gasteiger partial charge in [0.05, 0.1) is 0 Å². The minimum Gasteiger partial charge on any atom is -0.463 e. The molecule has 0 atom stereocenters. The van der Waals surface area contributed by atoms with Crippen LogP contribution >= 0.6 is 0 Å². The van der Waals surface area contributed by atoms with Crippen molar-refractivity contribution in [2.24, 2.45) is 0 Å². The fraction of sp³-hybridized carbons (Fsp3) is 0.545. The summed E-state index contributed by atoms with van der Waals surface area (Å²) in [6.45, 7) is 4.77. The number of unbranched alkanes of at least 4 members (excludes halogenated alkanes) is 1. The van der Waals surface area contributed by atoms with Gasteiger partial charge in [-0.25, -0.2) is 4.79 Å². The Morgan fingerprint density at radius 2 is 2.33 bits per heavy atom. The summed E-state index contributed by atoms with van der Waals surface area (Å²) in [5, 5.41) is 2.66. The number of hydrogen-bond acceptors (Lipinski definition) is 3. The van der Waals surface area contributed by atoms with Gasteiger partial charge in [0, 0.05) is 6.54 Å². The van der Waals surface area contributed by atoms with Gasteiger partial charge in [0.2, 0.25) is 0 Å². The lowest BCUT2D eigenvalue weighted by molar-refractivity contribution is 0.130. The molecule has 1 amide bonds. The van der Waals surface area contributed by atoms with Gasteiger partial charge in [-0.05, 0) is 25.5 Å². The van der Waals surface area contributed by atoms with Crippen LogP contribution in [0, 0.1) is 6.92 Å². The zero-order chi connectivity index (χ0) is 11.1. The van der Waals surface area contributed by atoms with Gasteiger partial charge >= 0.3 is 6.09 Å². The van der Waals surface area contributed by atoms with E-state index in [9.17, 15) is 4.79 Å². The molecule has 1 heterocycles. The van der Waals surface area contributed by atoms with Gasteiger partial charge in [0.1, 0.15) is 11.5 Å². The number of aryl methyl sites for hydroxylation is 1. The number of rotatable bonds is 5. The van der Waals surface area contributed by atoms with Gasteiger partial charge in [0.15, 0.2) is 6.61 Å². The van der Waals surface area contributed by atoms with Crippen LogP contribution < -0.4 is 5.32 Å². The van der Waals surface area contributed by atoms with Crippen molar-refractivity contribution in [2.45, 2.75) is 33.3 Å². The molecule has 0 saturated carbocycles. The van der Waals surface area contributed by atoms with E-state index in [1.807, 2.05) is 13.0 Å². The van der Waals surface area contributed by atoms with Crippen molar-refractivity contribution >= 4 is 6.09 Å². The molecule has 0 unspecified atom stereocenters. The Morgan fingerprint density at radius 3 is 2.93 bits per heavy atom. The molecule has 1 N–H and O–H groups in total. The summed E-state index contributed by atoms with van der Waals surface area (Å²) in [5.41, 5.74) is 0. The summed E-state index contributed by atoms with van der Waals surface area (Å²) in [4.78, 5) is 11.1. The minimum absolute atomic E-state index is 0.186. The summed E-state index contributed by atoms with van der Waals surface area (Å²) >= 11 is 0. The van der Waals surface area contributed by atoms with Crippen LogP contribution in [0.25, 0.3) is 0 Å².